The number of fused-ring (bicyclic) bond motifs is 1. The lowest BCUT2D eigenvalue weighted by atomic mass is 9.75. The molecule has 1 saturated carbocycles. The van der Waals surface area contributed by atoms with Crippen LogP contribution in [-0.2, 0) is 0 Å². The van der Waals surface area contributed by atoms with Gasteiger partial charge < -0.3 is 9.64 Å². The molecule has 0 radical (unpaired) electrons. The Morgan fingerprint density at radius 2 is 2.12 bits per heavy atom. The third-order valence-electron chi connectivity index (χ3n) is 5.06. The van der Waals surface area contributed by atoms with Gasteiger partial charge in [0, 0.05) is 13.1 Å². The highest BCUT2D eigenvalue weighted by Gasteiger charge is 2.35. The van der Waals surface area contributed by atoms with E-state index in [1.54, 1.807) is 19.4 Å². The average Bonchev–Trinajstić information content (AvgIpc) is 3.07. The van der Waals surface area contributed by atoms with E-state index in [1.165, 1.54) is 5.56 Å². The number of hydrogen-bond donors (Lipinski definition) is 1. The van der Waals surface area contributed by atoms with E-state index >= 15 is 0 Å². The maximum atomic E-state index is 12.7. The highest BCUT2D eigenvalue weighted by atomic mass is 16.5. The van der Waals surface area contributed by atoms with Crippen molar-refractivity contribution in [2.75, 3.05) is 14.2 Å². The Balaban J connectivity index is 1.43. The zero-order chi connectivity index (χ0) is 17.4. The number of nitrogens with one attached hydrogen (secondary N) is 1. The summed E-state index contributed by atoms with van der Waals surface area (Å²) in [6, 6.07) is 12.0. The Bertz CT molecular complexity index is 914. The number of benzene rings is 1. The minimum atomic E-state index is -0.0443. The van der Waals surface area contributed by atoms with Crippen molar-refractivity contribution in [3.63, 3.8) is 0 Å². The van der Waals surface area contributed by atoms with Crippen LogP contribution < -0.4 is 4.74 Å². The number of hydrogen-bond acceptors (Lipinski definition) is 4. The Labute approximate surface area is 145 Å². The number of carbonyl (C=O) groups is 1. The Morgan fingerprint density at radius 3 is 2.92 bits per heavy atom. The van der Waals surface area contributed by atoms with E-state index in [-0.39, 0.29) is 11.9 Å². The number of carbonyl (C=O) groups excluding carboxylic acids is 1. The third kappa shape index (κ3) is 2.84. The number of H-pyrrole nitrogens is 1. The van der Waals surface area contributed by atoms with Crippen molar-refractivity contribution in [1.29, 1.82) is 0 Å². The van der Waals surface area contributed by atoms with E-state index in [4.69, 9.17) is 4.74 Å². The molecule has 1 amide bonds. The minimum Gasteiger partial charge on any atom is -0.497 e. The predicted octanol–water partition coefficient (Wildman–Crippen LogP) is 2.98. The first kappa shape index (κ1) is 15.6. The average molecular weight is 336 g/mol. The van der Waals surface area contributed by atoms with Crippen molar-refractivity contribution in [1.82, 2.24) is 20.1 Å². The van der Waals surface area contributed by atoms with Crippen LogP contribution in [0.4, 0.5) is 0 Å². The molecule has 2 heterocycles. The highest BCUT2D eigenvalue weighted by molar-refractivity contribution is 5.94. The molecular weight excluding hydrogens is 316 g/mol. The van der Waals surface area contributed by atoms with Gasteiger partial charge in [-0.1, -0.05) is 12.1 Å². The molecule has 1 aromatic carbocycles. The van der Waals surface area contributed by atoms with Crippen LogP contribution in [0.3, 0.4) is 0 Å². The first-order valence-electron chi connectivity index (χ1n) is 8.37. The normalized spacial score (nSPS) is 19.4. The van der Waals surface area contributed by atoms with Crippen molar-refractivity contribution in [2.45, 2.75) is 24.8 Å². The van der Waals surface area contributed by atoms with E-state index in [9.17, 15) is 4.79 Å². The number of nitrogens with zero attached hydrogens (tertiary/aromatic N) is 3. The van der Waals surface area contributed by atoms with Gasteiger partial charge in [0.15, 0.2) is 0 Å². The summed E-state index contributed by atoms with van der Waals surface area (Å²) in [5.74, 6) is 1.31. The molecular formula is C19H20N4O2. The van der Waals surface area contributed by atoms with Gasteiger partial charge in [-0.3, -0.25) is 9.89 Å². The van der Waals surface area contributed by atoms with Crippen molar-refractivity contribution in [3.8, 4) is 5.75 Å². The van der Waals surface area contributed by atoms with Gasteiger partial charge >= 0.3 is 0 Å². The Hall–Kier alpha value is -2.89. The number of amides is 1. The van der Waals surface area contributed by atoms with E-state index in [1.807, 2.05) is 30.1 Å². The maximum Gasteiger partial charge on any atom is 0.272 e. The molecule has 1 aliphatic carbocycles. The zero-order valence-electron chi connectivity index (χ0n) is 14.3. The maximum absolute atomic E-state index is 12.7. The van der Waals surface area contributed by atoms with Crippen LogP contribution in [0.25, 0.3) is 11.0 Å². The van der Waals surface area contributed by atoms with E-state index in [0.717, 1.165) is 24.1 Å². The number of aromatic nitrogens is 3. The van der Waals surface area contributed by atoms with Crippen LogP contribution >= 0.6 is 0 Å². The molecule has 2 aromatic heterocycles. The number of rotatable bonds is 4. The Kier molecular flexibility index (Phi) is 3.87. The summed E-state index contributed by atoms with van der Waals surface area (Å²) in [5, 5.41) is 6.79. The first-order chi connectivity index (χ1) is 12.2. The molecule has 128 valence electrons. The molecule has 1 N–H and O–H groups in total. The van der Waals surface area contributed by atoms with Gasteiger partial charge in [0.2, 0.25) is 0 Å². The second-order valence-corrected chi connectivity index (χ2v) is 6.51. The largest absolute Gasteiger partial charge is 0.497 e. The summed E-state index contributed by atoms with van der Waals surface area (Å²) in [6.07, 6.45) is 3.56. The van der Waals surface area contributed by atoms with E-state index < -0.39 is 0 Å². The molecule has 0 atom stereocenters. The highest BCUT2D eigenvalue weighted by Crippen LogP contribution is 2.40. The minimum absolute atomic E-state index is 0.0443. The van der Waals surface area contributed by atoms with Crippen LogP contribution in [0.2, 0.25) is 0 Å². The molecule has 0 spiro atoms. The van der Waals surface area contributed by atoms with Gasteiger partial charge in [-0.15, -0.1) is 0 Å². The van der Waals surface area contributed by atoms with Gasteiger partial charge in [0.25, 0.3) is 5.91 Å². The summed E-state index contributed by atoms with van der Waals surface area (Å²) < 4.78 is 5.29. The molecule has 6 nitrogen and oxygen atoms in total. The van der Waals surface area contributed by atoms with E-state index in [0.29, 0.717) is 17.1 Å². The van der Waals surface area contributed by atoms with Crippen molar-refractivity contribution in [2.24, 2.45) is 0 Å². The number of pyridine rings is 1. The van der Waals surface area contributed by atoms with Crippen LogP contribution in [0.1, 0.15) is 34.8 Å². The number of methoxy groups -OCH3 is 1. The lowest BCUT2D eigenvalue weighted by Crippen LogP contribution is -2.44. The molecule has 0 saturated heterocycles. The van der Waals surface area contributed by atoms with Crippen molar-refractivity contribution < 1.29 is 9.53 Å². The molecule has 0 bridgehead atoms. The second kappa shape index (κ2) is 6.20. The molecule has 6 heteroatoms. The number of ether oxygens (including phenoxy) is 1. The molecule has 0 aliphatic heterocycles. The van der Waals surface area contributed by atoms with Crippen LogP contribution in [-0.4, -0.2) is 46.2 Å². The Morgan fingerprint density at radius 1 is 1.28 bits per heavy atom. The van der Waals surface area contributed by atoms with Crippen molar-refractivity contribution >= 4 is 16.9 Å². The van der Waals surface area contributed by atoms with Gasteiger partial charge in [0.1, 0.15) is 17.0 Å². The fraction of sp³-hybridized carbons (Fsp3) is 0.316. The topological polar surface area (TPSA) is 71.1 Å². The predicted molar refractivity (Wildman–Crippen MR) is 94.7 cm³/mol. The standard InChI is InChI=1S/C19H20N4O2/c1-23(19(24)17-7-6-16-18(21-17)11-20-22-16)14-8-13(9-14)12-4-3-5-15(10-12)25-2/h3-7,10-11,13-14H,8-9H2,1-2H3,(H,20,22). The first-order valence-corrected chi connectivity index (χ1v) is 8.37. The van der Waals surface area contributed by atoms with Crippen LogP contribution in [0.5, 0.6) is 5.75 Å². The fourth-order valence-corrected chi connectivity index (χ4v) is 3.37. The van der Waals surface area contributed by atoms with Gasteiger partial charge in [-0.05, 0) is 48.6 Å². The second-order valence-electron chi connectivity index (χ2n) is 6.51. The smallest absolute Gasteiger partial charge is 0.272 e. The third-order valence-corrected chi connectivity index (χ3v) is 5.06. The zero-order valence-corrected chi connectivity index (χ0v) is 14.3. The lowest BCUT2D eigenvalue weighted by molar-refractivity contribution is 0.0615. The molecule has 3 aromatic rings. The van der Waals surface area contributed by atoms with Crippen LogP contribution in [0.15, 0.2) is 42.6 Å². The molecule has 25 heavy (non-hydrogen) atoms. The van der Waals surface area contributed by atoms with Crippen LogP contribution in [0, 0.1) is 0 Å². The monoisotopic (exact) mass is 336 g/mol. The molecule has 0 unspecified atom stereocenters. The molecule has 1 aliphatic rings. The quantitative estimate of drug-likeness (QED) is 0.795. The SMILES string of the molecule is COc1cccc(C2CC(N(C)C(=O)c3ccc4[nH]ncc4n3)C2)c1. The lowest BCUT2D eigenvalue weighted by Gasteiger charge is -2.41. The summed E-state index contributed by atoms with van der Waals surface area (Å²) in [4.78, 5) is 18.9. The summed E-state index contributed by atoms with van der Waals surface area (Å²) in [5.41, 5.74) is 3.28. The summed E-state index contributed by atoms with van der Waals surface area (Å²) in [6.45, 7) is 0. The van der Waals surface area contributed by atoms with Gasteiger partial charge in [0.05, 0.1) is 18.8 Å². The summed E-state index contributed by atoms with van der Waals surface area (Å²) in [7, 11) is 3.54. The number of aromatic amines is 1. The summed E-state index contributed by atoms with van der Waals surface area (Å²) >= 11 is 0. The molecule has 1 fully saturated rings. The fourth-order valence-electron chi connectivity index (χ4n) is 3.37. The van der Waals surface area contributed by atoms with Gasteiger partial charge in [-0.2, -0.15) is 5.10 Å². The van der Waals surface area contributed by atoms with Gasteiger partial charge in [-0.25, -0.2) is 4.98 Å². The van der Waals surface area contributed by atoms with E-state index in [2.05, 4.69) is 27.3 Å². The van der Waals surface area contributed by atoms with Crippen molar-refractivity contribution in [3.05, 3.63) is 53.9 Å². The molecule has 4 rings (SSSR count).